The highest BCUT2D eigenvalue weighted by Crippen LogP contribution is 2.39. The number of likely N-dealkylation sites (tertiary alicyclic amines) is 2. The van der Waals surface area contributed by atoms with Gasteiger partial charge in [-0.1, -0.05) is 0 Å². The molecule has 12 aromatic rings. The molecule has 142 heavy (non-hydrogen) atoms. The summed E-state index contributed by atoms with van der Waals surface area (Å²) in [5, 5.41) is 21.6. The molecule has 0 saturated carbocycles. The fraction of sp³-hybridized carbons (Fsp3) is 0.456. The number of pyridine rings is 8. The third kappa shape index (κ3) is 25.5. The number of aromatic nitrogens is 8. The minimum atomic E-state index is -4.15. The van der Waals surface area contributed by atoms with Crippen LogP contribution in [-0.2, 0) is 36.2 Å². The summed E-state index contributed by atoms with van der Waals surface area (Å²) in [6, 6.07) is 22.6. The lowest BCUT2D eigenvalue weighted by Crippen LogP contribution is -2.49. The largest absolute Gasteiger partial charge is 0.393 e. The van der Waals surface area contributed by atoms with Crippen LogP contribution in [0.25, 0.3) is 22.1 Å². The number of nitrogens with one attached hydrogen (secondary N) is 8. The fourth-order valence-corrected chi connectivity index (χ4v) is 23.1. The monoisotopic (exact) mass is 2230 g/mol. The number of sulfonamides is 1. The van der Waals surface area contributed by atoms with Gasteiger partial charge in [0.05, 0.1) is 18.3 Å². The first kappa shape index (κ1) is 109. The topological polar surface area (TPSA) is 339 Å². The Morgan fingerprint density at radius 1 is 0.408 bits per heavy atom. The summed E-state index contributed by atoms with van der Waals surface area (Å²) >= 11 is 14.2. The summed E-state index contributed by atoms with van der Waals surface area (Å²) in [4.78, 5) is 125. The predicted molar refractivity (Wildman–Crippen MR) is 558 cm³/mol. The molecule has 29 nitrogen and oxygen atoms in total. The van der Waals surface area contributed by atoms with Crippen LogP contribution in [0.15, 0.2) is 135 Å². The van der Waals surface area contributed by atoms with E-state index < -0.39 is 28.5 Å². The van der Waals surface area contributed by atoms with Crippen molar-refractivity contribution in [3.05, 3.63) is 291 Å². The number of carbonyl (C=O) groups excluding carboxylic acids is 4. The summed E-state index contributed by atoms with van der Waals surface area (Å²) in [7, 11) is -3.21. The molecule has 4 amide bonds. The van der Waals surface area contributed by atoms with Gasteiger partial charge >= 0.3 is 6.18 Å². The molecule has 4 saturated heterocycles. The van der Waals surface area contributed by atoms with E-state index in [1.54, 1.807) is 11.2 Å². The standard InChI is InChI=1S/C27H33BrF3N5O2.C26H34BrN5O4S.C25H29BrF2N4O2.C25H31BrN4O3/c1-16-11-17(2)33-26(38)23(16)14-32-25(37)22-13-21-12-20(28)15-36(21)24(18(22)3)19(4)35-9-7-34(8-10-35)6-5-27(29,30)31;1-6-37(35,36)31-9-7-30(8-10-31)19(5)24-18(4)22(13-21-12-20(27)15-32(21)24)25(33)28-14-23-16(2)11-17(3)29-26(23)34;1-14-9-15(2)30-24(34)21(14)12-29-23(33)20-11-19-10-18(26)13-32(19)22(16(20)3)17(4)31-7-5-25(27,28)6-8-31;1-14-9-15(2)28-25(33)22(14)12-27-24(32)21-11-19-10-18(26)13-30(19)23(16(21)3)17(4)29-7-5-20(31)6-8-29/h11-13,15,19H,5-10,14H2,1-4H3,(H,32,37)(H,33,38);11-13,15,19H,6-10,14H2,1-5H3,(H,28,33)(H,29,34);9-11,13,17H,5-8,12H2,1-4H3,(H,29,33)(H,30,34);9-11,13,17,20,31H,5-8,12H2,1-4H3,(H,27,32)(H,28,33). The molecule has 39 heteroatoms. The Kier molecular flexibility index (Phi) is 35.2. The lowest BCUT2D eigenvalue weighted by Gasteiger charge is -2.39. The second-order valence-electron chi connectivity index (χ2n) is 38.0. The Hall–Kier alpha value is -10.0. The van der Waals surface area contributed by atoms with Crippen LogP contribution in [0, 0.1) is 83.1 Å². The zero-order valence-electron chi connectivity index (χ0n) is 83.2. The van der Waals surface area contributed by atoms with Gasteiger partial charge in [-0.2, -0.15) is 17.5 Å². The minimum Gasteiger partial charge on any atom is -0.393 e. The van der Waals surface area contributed by atoms with Crippen LogP contribution in [-0.4, -0.2) is 213 Å². The average molecular weight is 2240 g/mol. The molecule has 0 aliphatic carbocycles. The number of piperidine rings is 2. The third-order valence-electron chi connectivity index (χ3n) is 28.2. The molecule has 4 aliphatic heterocycles. The van der Waals surface area contributed by atoms with Crippen molar-refractivity contribution in [3.8, 4) is 0 Å². The normalized spacial score (nSPS) is 16.5. The molecule has 16 heterocycles. The van der Waals surface area contributed by atoms with Crippen LogP contribution in [0.1, 0.15) is 245 Å². The number of amides is 4. The molecule has 764 valence electrons. The van der Waals surface area contributed by atoms with Gasteiger partial charge < -0.3 is 68.8 Å². The lowest BCUT2D eigenvalue weighted by molar-refractivity contribution is -0.139. The zero-order chi connectivity index (χ0) is 103. The number of aryl methyl sites for hydroxylation is 8. The number of rotatable bonds is 24. The molecule has 4 unspecified atom stereocenters. The molecule has 16 rings (SSSR count). The highest BCUT2D eigenvalue weighted by molar-refractivity contribution is 9.11. The minimum absolute atomic E-state index is 0.0124. The Morgan fingerprint density at radius 3 is 0.915 bits per heavy atom. The summed E-state index contributed by atoms with van der Waals surface area (Å²) < 4.78 is 103. The van der Waals surface area contributed by atoms with E-state index in [1.807, 2.05) is 202 Å². The quantitative estimate of drug-likeness (QED) is 0.0254. The molecule has 9 N–H and O–H groups in total. The van der Waals surface area contributed by atoms with Crippen molar-refractivity contribution in [3.63, 3.8) is 0 Å². The van der Waals surface area contributed by atoms with E-state index in [1.165, 1.54) is 0 Å². The number of nitrogens with zero attached hydrogens (tertiary/aromatic N) is 10. The molecule has 4 fully saturated rings. The van der Waals surface area contributed by atoms with E-state index in [4.69, 9.17) is 0 Å². The molecular formula is C103H127Br4F5N18O11S. The van der Waals surface area contributed by atoms with E-state index in [0.29, 0.717) is 110 Å². The molecule has 0 radical (unpaired) electrons. The number of hydrogen-bond acceptors (Lipinski definition) is 16. The Morgan fingerprint density at radius 2 is 0.662 bits per heavy atom. The van der Waals surface area contributed by atoms with Gasteiger partial charge in [0.15, 0.2) is 0 Å². The number of carbonyl (C=O) groups is 4. The smallest absolute Gasteiger partial charge is 0.390 e. The average Bonchev–Trinajstić information content (AvgIpc) is 1.49. The maximum atomic E-state index is 13.7. The second kappa shape index (κ2) is 45.7. The van der Waals surface area contributed by atoms with E-state index >= 15 is 0 Å². The molecule has 0 spiro atoms. The number of piperazine rings is 2. The van der Waals surface area contributed by atoms with E-state index in [2.05, 4.69) is 154 Å². The first-order valence-electron chi connectivity index (χ1n) is 47.8. The number of hydrogen-bond donors (Lipinski definition) is 9. The van der Waals surface area contributed by atoms with Crippen molar-refractivity contribution < 1.29 is 54.7 Å². The summed E-state index contributed by atoms with van der Waals surface area (Å²) in [6.07, 6.45) is 3.91. The number of aliphatic hydroxyl groups excluding tert-OH is 1. The summed E-state index contributed by atoms with van der Waals surface area (Å²) in [5.74, 6) is -3.52. The van der Waals surface area contributed by atoms with Gasteiger partial charge in [-0.3, -0.25) is 58.0 Å². The third-order valence-corrected chi connectivity index (χ3v) is 31.9. The number of aromatic amines is 4. The zero-order valence-corrected chi connectivity index (χ0v) is 90.4. The van der Waals surface area contributed by atoms with Crippen molar-refractivity contribution in [2.75, 3.05) is 90.8 Å². The second-order valence-corrected chi connectivity index (χ2v) is 44.0. The van der Waals surface area contributed by atoms with Gasteiger partial charge in [0, 0.05) is 303 Å². The van der Waals surface area contributed by atoms with Crippen molar-refractivity contribution >= 4 is 119 Å². The fourth-order valence-electron chi connectivity index (χ4n) is 20.2. The first-order valence-corrected chi connectivity index (χ1v) is 52.6. The van der Waals surface area contributed by atoms with Crippen molar-refractivity contribution in [1.82, 2.24) is 87.6 Å². The van der Waals surface area contributed by atoms with Crippen LogP contribution in [0.2, 0.25) is 0 Å². The van der Waals surface area contributed by atoms with Crippen LogP contribution in [0.5, 0.6) is 0 Å². The molecule has 12 aromatic heterocycles. The van der Waals surface area contributed by atoms with Crippen LogP contribution in [0.4, 0.5) is 22.0 Å². The van der Waals surface area contributed by atoms with Gasteiger partial charge in [-0.15, -0.1) is 0 Å². The molecular weight excluding hydrogens is 2110 g/mol. The van der Waals surface area contributed by atoms with Crippen LogP contribution < -0.4 is 43.5 Å². The maximum Gasteiger partial charge on any atom is 0.390 e. The SMILES string of the molecule is CCS(=O)(=O)N1CCN(C(C)c2c(C)c(C(=O)NCc3c(C)cc(C)[nH]c3=O)cc3cc(Br)cn23)CC1.Cc1cc(C)c(CNC(=O)c2cc3cc(Br)cn3c(C(C)N3CCC(F)(F)CC3)c2C)c(=O)[nH]1.Cc1cc(C)c(CNC(=O)c2cc3cc(Br)cn3c(C(C)N3CCC(O)CC3)c2C)c(=O)[nH]1.Cc1cc(C)c(CNC(=O)c2cc3cc(Br)cn3c(C(C)N3CCN(CCC(F)(F)F)CC3)c2C)c(=O)[nH]1. The molecule has 0 bridgehead atoms. The van der Waals surface area contributed by atoms with Crippen LogP contribution >= 0.6 is 63.7 Å². The summed E-state index contributed by atoms with van der Waals surface area (Å²) in [6.45, 7) is 39.7. The Balaban J connectivity index is 0.000000159. The van der Waals surface area contributed by atoms with Gasteiger partial charge in [0.1, 0.15) is 0 Å². The molecule has 4 aliphatic rings. The molecule has 0 aromatic carbocycles. The predicted octanol–water partition coefficient (Wildman–Crippen LogP) is 17.0. The lowest BCUT2D eigenvalue weighted by atomic mass is 9.98. The Labute approximate surface area is 856 Å². The van der Waals surface area contributed by atoms with E-state index in [9.17, 15) is 73.8 Å². The number of halogens is 9. The van der Waals surface area contributed by atoms with Crippen molar-refractivity contribution in [2.45, 2.75) is 218 Å². The van der Waals surface area contributed by atoms with E-state index in [-0.39, 0.29) is 127 Å². The van der Waals surface area contributed by atoms with E-state index in [0.717, 1.165) is 156 Å². The van der Waals surface area contributed by atoms with Crippen molar-refractivity contribution in [1.29, 1.82) is 0 Å². The molecule has 4 atom stereocenters. The number of alkyl halides is 5. The van der Waals surface area contributed by atoms with Crippen LogP contribution in [0.3, 0.4) is 0 Å². The van der Waals surface area contributed by atoms with Gasteiger partial charge in [-0.25, -0.2) is 17.2 Å². The highest BCUT2D eigenvalue weighted by atomic mass is 79.9. The number of fused-ring (bicyclic) bond motifs is 4. The van der Waals surface area contributed by atoms with Gasteiger partial charge in [0.25, 0.3) is 51.8 Å². The number of aliphatic hydroxyl groups is 1. The summed E-state index contributed by atoms with van der Waals surface area (Å²) in [5.41, 5.74) is 20.7. The van der Waals surface area contributed by atoms with Crippen molar-refractivity contribution in [2.24, 2.45) is 0 Å². The number of H-pyrrole nitrogens is 4. The highest BCUT2D eigenvalue weighted by Gasteiger charge is 2.39. The first-order chi connectivity index (χ1) is 66.9. The maximum absolute atomic E-state index is 13.7. The van der Waals surface area contributed by atoms with Gasteiger partial charge in [-0.05, 0) is 312 Å². The Bertz CT molecular complexity index is 7130. The van der Waals surface area contributed by atoms with Gasteiger partial charge in [0.2, 0.25) is 10.0 Å².